The van der Waals surface area contributed by atoms with Crippen LogP contribution in [0.3, 0.4) is 0 Å². The Morgan fingerprint density at radius 1 is 1.33 bits per heavy atom. The molecule has 1 aromatic heterocycles. The van der Waals surface area contributed by atoms with E-state index in [0.29, 0.717) is 12.1 Å². The molecule has 0 atom stereocenters. The Bertz CT molecular complexity index is 555. The summed E-state index contributed by atoms with van der Waals surface area (Å²) < 4.78 is 1.92. The lowest BCUT2D eigenvalue weighted by atomic mass is 10.1. The molecule has 3 nitrogen and oxygen atoms in total. The third kappa shape index (κ3) is 2.69. The van der Waals surface area contributed by atoms with Gasteiger partial charge in [-0.1, -0.05) is 36.4 Å². The molecule has 0 spiro atoms. The predicted molar refractivity (Wildman–Crippen MR) is 70.8 cm³/mol. The molecule has 0 fully saturated rings. The van der Waals surface area contributed by atoms with Crippen molar-refractivity contribution in [2.75, 3.05) is 0 Å². The molecule has 0 saturated carbocycles. The van der Waals surface area contributed by atoms with Crippen molar-refractivity contribution < 1.29 is 9.90 Å². The minimum absolute atomic E-state index is 0.322. The molecule has 0 aliphatic carbocycles. The van der Waals surface area contributed by atoms with Crippen molar-refractivity contribution in [3.8, 4) is 0 Å². The SMILES string of the molecule is C=CCn1cc(C(=O)O)cc1Cc1ccccc1. The third-order valence-electron chi connectivity index (χ3n) is 2.79. The normalized spacial score (nSPS) is 10.2. The van der Waals surface area contributed by atoms with Crippen LogP contribution in [0.2, 0.25) is 0 Å². The number of carbonyl (C=O) groups is 1. The van der Waals surface area contributed by atoms with Crippen LogP contribution in [0.25, 0.3) is 0 Å². The minimum Gasteiger partial charge on any atom is -0.478 e. The first-order valence-electron chi connectivity index (χ1n) is 5.78. The van der Waals surface area contributed by atoms with Gasteiger partial charge in [-0.15, -0.1) is 6.58 Å². The molecule has 1 aromatic carbocycles. The van der Waals surface area contributed by atoms with E-state index in [1.54, 1.807) is 18.3 Å². The molecular weight excluding hydrogens is 226 g/mol. The number of hydrogen-bond acceptors (Lipinski definition) is 1. The quantitative estimate of drug-likeness (QED) is 0.818. The van der Waals surface area contributed by atoms with Gasteiger partial charge in [-0.25, -0.2) is 4.79 Å². The Labute approximate surface area is 106 Å². The maximum absolute atomic E-state index is 11.0. The highest BCUT2D eigenvalue weighted by Gasteiger charge is 2.10. The molecular formula is C15H15NO2. The van der Waals surface area contributed by atoms with Crippen LogP contribution in [-0.2, 0) is 13.0 Å². The number of aromatic nitrogens is 1. The van der Waals surface area contributed by atoms with Gasteiger partial charge < -0.3 is 9.67 Å². The van der Waals surface area contributed by atoms with Gasteiger partial charge in [0.25, 0.3) is 0 Å². The summed E-state index contributed by atoms with van der Waals surface area (Å²) in [5.41, 5.74) is 2.47. The van der Waals surface area contributed by atoms with Crippen molar-refractivity contribution in [1.29, 1.82) is 0 Å². The molecule has 92 valence electrons. The standard InChI is InChI=1S/C15H15NO2/c1-2-8-16-11-13(15(17)18)10-14(16)9-12-6-4-3-5-7-12/h2-7,10-11H,1,8-9H2,(H,17,18). The van der Waals surface area contributed by atoms with Crippen molar-refractivity contribution in [3.05, 3.63) is 72.1 Å². The van der Waals surface area contributed by atoms with Gasteiger partial charge in [0.15, 0.2) is 0 Å². The molecule has 0 radical (unpaired) electrons. The van der Waals surface area contributed by atoms with E-state index in [4.69, 9.17) is 5.11 Å². The zero-order valence-corrected chi connectivity index (χ0v) is 10.0. The van der Waals surface area contributed by atoms with Crippen molar-refractivity contribution in [1.82, 2.24) is 4.57 Å². The van der Waals surface area contributed by atoms with Gasteiger partial charge in [0.05, 0.1) is 5.56 Å². The molecule has 0 amide bonds. The zero-order valence-electron chi connectivity index (χ0n) is 10.0. The van der Waals surface area contributed by atoms with Crippen LogP contribution in [0, 0.1) is 0 Å². The van der Waals surface area contributed by atoms with Gasteiger partial charge in [-0.3, -0.25) is 0 Å². The summed E-state index contributed by atoms with van der Waals surface area (Å²) in [7, 11) is 0. The Morgan fingerprint density at radius 2 is 2.06 bits per heavy atom. The van der Waals surface area contributed by atoms with Gasteiger partial charge in [0.2, 0.25) is 0 Å². The summed E-state index contributed by atoms with van der Waals surface area (Å²) in [6.07, 6.45) is 4.14. The lowest BCUT2D eigenvalue weighted by Gasteiger charge is -2.06. The number of rotatable bonds is 5. The van der Waals surface area contributed by atoms with Gasteiger partial charge in [-0.2, -0.15) is 0 Å². The maximum atomic E-state index is 11.0. The minimum atomic E-state index is -0.896. The average Bonchev–Trinajstić information content (AvgIpc) is 2.75. The molecule has 1 heterocycles. The topological polar surface area (TPSA) is 42.2 Å². The van der Waals surface area contributed by atoms with Gasteiger partial charge in [0.1, 0.15) is 0 Å². The summed E-state index contributed by atoms with van der Waals surface area (Å²) in [5, 5.41) is 9.02. The number of benzene rings is 1. The average molecular weight is 241 g/mol. The monoisotopic (exact) mass is 241 g/mol. The number of nitrogens with zero attached hydrogens (tertiary/aromatic N) is 1. The van der Waals surface area contributed by atoms with E-state index in [-0.39, 0.29) is 0 Å². The fraction of sp³-hybridized carbons (Fsp3) is 0.133. The second-order valence-corrected chi connectivity index (χ2v) is 4.13. The fourth-order valence-electron chi connectivity index (χ4n) is 1.93. The predicted octanol–water partition coefficient (Wildman–Crippen LogP) is 2.96. The molecule has 2 aromatic rings. The third-order valence-corrected chi connectivity index (χ3v) is 2.79. The van der Waals surface area contributed by atoms with Gasteiger partial charge in [0, 0.05) is 24.9 Å². The molecule has 1 N–H and O–H groups in total. The summed E-state index contributed by atoms with van der Waals surface area (Å²) in [5.74, 6) is -0.896. The fourth-order valence-corrected chi connectivity index (χ4v) is 1.93. The Kier molecular flexibility index (Phi) is 3.63. The summed E-state index contributed by atoms with van der Waals surface area (Å²) in [6, 6.07) is 11.7. The Balaban J connectivity index is 2.30. The van der Waals surface area contributed by atoms with Crippen LogP contribution in [0.1, 0.15) is 21.6 Å². The molecule has 2 rings (SSSR count). The Hall–Kier alpha value is -2.29. The van der Waals surface area contributed by atoms with Crippen LogP contribution in [0.5, 0.6) is 0 Å². The molecule has 3 heteroatoms. The smallest absolute Gasteiger partial charge is 0.337 e. The summed E-state index contributed by atoms with van der Waals surface area (Å²) in [4.78, 5) is 11.0. The first kappa shape index (κ1) is 12.2. The van der Waals surface area contributed by atoms with E-state index in [9.17, 15) is 4.79 Å². The van der Waals surface area contributed by atoms with Crippen LogP contribution in [-0.4, -0.2) is 15.6 Å². The highest BCUT2D eigenvalue weighted by Crippen LogP contribution is 2.14. The highest BCUT2D eigenvalue weighted by atomic mass is 16.4. The van der Waals surface area contributed by atoms with Crippen molar-refractivity contribution in [2.45, 2.75) is 13.0 Å². The Morgan fingerprint density at radius 3 is 2.67 bits per heavy atom. The molecule has 0 aliphatic rings. The maximum Gasteiger partial charge on any atom is 0.337 e. The van der Waals surface area contributed by atoms with Crippen LogP contribution >= 0.6 is 0 Å². The lowest BCUT2D eigenvalue weighted by Crippen LogP contribution is -2.00. The van der Waals surface area contributed by atoms with Crippen LogP contribution in [0.15, 0.2) is 55.3 Å². The first-order chi connectivity index (χ1) is 8.70. The first-order valence-corrected chi connectivity index (χ1v) is 5.78. The van der Waals surface area contributed by atoms with E-state index in [0.717, 1.165) is 17.7 Å². The number of carboxylic acid groups (broad SMARTS) is 1. The number of carboxylic acids is 1. The van der Waals surface area contributed by atoms with Crippen molar-refractivity contribution in [2.24, 2.45) is 0 Å². The van der Waals surface area contributed by atoms with Crippen LogP contribution < -0.4 is 0 Å². The van der Waals surface area contributed by atoms with E-state index in [1.165, 1.54) is 0 Å². The van der Waals surface area contributed by atoms with E-state index in [2.05, 4.69) is 6.58 Å². The van der Waals surface area contributed by atoms with E-state index < -0.39 is 5.97 Å². The van der Waals surface area contributed by atoms with E-state index >= 15 is 0 Å². The zero-order chi connectivity index (χ0) is 13.0. The summed E-state index contributed by atoms with van der Waals surface area (Å²) in [6.45, 7) is 4.31. The van der Waals surface area contributed by atoms with Crippen LogP contribution in [0.4, 0.5) is 0 Å². The molecule has 0 saturated heterocycles. The summed E-state index contributed by atoms with van der Waals surface area (Å²) >= 11 is 0. The van der Waals surface area contributed by atoms with Crippen molar-refractivity contribution in [3.63, 3.8) is 0 Å². The number of aromatic carboxylic acids is 1. The second-order valence-electron chi connectivity index (χ2n) is 4.13. The van der Waals surface area contributed by atoms with E-state index in [1.807, 2.05) is 34.9 Å². The van der Waals surface area contributed by atoms with Gasteiger partial charge >= 0.3 is 5.97 Å². The largest absolute Gasteiger partial charge is 0.478 e. The number of hydrogen-bond donors (Lipinski definition) is 1. The lowest BCUT2D eigenvalue weighted by molar-refractivity contribution is 0.0697. The highest BCUT2D eigenvalue weighted by molar-refractivity contribution is 5.87. The molecule has 18 heavy (non-hydrogen) atoms. The van der Waals surface area contributed by atoms with Crippen molar-refractivity contribution >= 4 is 5.97 Å². The number of allylic oxidation sites excluding steroid dienone is 1. The molecule has 0 unspecified atom stereocenters. The van der Waals surface area contributed by atoms with Gasteiger partial charge in [-0.05, 0) is 11.6 Å². The molecule has 0 aliphatic heterocycles. The molecule has 0 bridgehead atoms. The second kappa shape index (κ2) is 5.36.